The van der Waals surface area contributed by atoms with Crippen molar-refractivity contribution in [2.24, 2.45) is 0 Å². The Labute approximate surface area is 228 Å². The fraction of sp³-hybridized carbons (Fsp3) is 0.200. The summed E-state index contributed by atoms with van der Waals surface area (Å²) in [5.41, 5.74) is 3.23. The number of rotatable bonds is 6. The van der Waals surface area contributed by atoms with Gasteiger partial charge in [-0.05, 0) is 42.7 Å². The van der Waals surface area contributed by atoms with E-state index in [0.717, 1.165) is 75.7 Å². The van der Waals surface area contributed by atoms with Crippen LogP contribution < -0.4 is 0 Å². The minimum absolute atomic E-state index is 0.0128. The summed E-state index contributed by atoms with van der Waals surface area (Å²) >= 11 is 4.32. The van der Waals surface area contributed by atoms with Gasteiger partial charge in [-0.3, -0.25) is 0 Å². The van der Waals surface area contributed by atoms with Gasteiger partial charge in [0.05, 0.1) is 11.0 Å². The van der Waals surface area contributed by atoms with E-state index in [0.29, 0.717) is 22.1 Å². The number of hydrogen-bond acceptors (Lipinski definition) is 7. The lowest BCUT2D eigenvalue weighted by Gasteiger charge is -2.17. The highest BCUT2D eigenvalue weighted by atomic mass is 32.1. The zero-order chi connectivity index (χ0) is 27.1. The van der Waals surface area contributed by atoms with Crippen LogP contribution in [0.4, 0.5) is 11.6 Å². The Morgan fingerprint density at radius 3 is 1.82 bits per heavy atom. The number of hydrogen-bond donors (Lipinski definition) is 1. The number of unbranched alkanes of at least 4 members (excludes halogenated alkanes) is 3. The molecule has 0 N–H and O–H groups in total. The molecule has 184 valence electrons. The first kappa shape index (κ1) is 24.3. The van der Waals surface area contributed by atoms with Crippen molar-refractivity contribution >= 4 is 78.6 Å². The molecule has 39 heavy (non-hydrogen) atoms. The summed E-state index contributed by atoms with van der Waals surface area (Å²) in [7, 11) is 0. The Morgan fingerprint density at radius 1 is 0.667 bits per heavy atom. The molecule has 0 spiro atoms. The second kappa shape index (κ2) is 9.66. The lowest BCUT2D eigenvalue weighted by Crippen LogP contribution is -2.01. The number of thiol groups is 1. The van der Waals surface area contributed by atoms with Gasteiger partial charge in [-0.1, -0.05) is 44.2 Å². The number of benzene rings is 4. The van der Waals surface area contributed by atoms with Gasteiger partial charge in [0, 0.05) is 32.3 Å². The van der Waals surface area contributed by atoms with Crippen molar-refractivity contribution in [1.29, 1.82) is 10.5 Å². The van der Waals surface area contributed by atoms with Gasteiger partial charge in [-0.15, -0.1) is 9.97 Å². The third-order valence-corrected chi connectivity index (χ3v) is 7.46. The zero-order valence-electron chi connectivity index (χ0n) is 20.7. The van der Waals surface area contributed by atoms with E-state index in [2.05, 4.69) is 37.3 Å². The first-order valence-corrected chi connectivity index (χ1v) is 13.1. The Hall–Kier alpha value is -5.09. The van der Waals surface area contributed by atoms with E-state index in [1.165, 1.54) is 0 Å². The summed E-state index contributed by atoms with van der Waals surface area (Å²) in [6.07, 6.45) is 5.02. The van der Waals surface area contributed by atoms with Crippen LogP contribution in [0.25, 0.3) is 64.1 Å². The lowest BCUT2D eigenvalue weighted by molar-refractivity contribution is 0.672. The molecule has 2 aromatic heterocycles. The SMILES string of the molecule is [C-]#[N+]c1nc2c3cccc4c5nc(C#N)c(C#N)nc5c5c(CCCCCCS)ccc(c2nc1[N+]#[C-])c5c34. The normalized spacial score (nSPS) is 11.2. The minimum Gasteiger partial charge on any atom is -0.370 e. The summed E-state index contributed by atoms with van der Waals surface area (Å²) in [6.45, 7) is 15.1. The summed E-state index contributed by atoms with van der Waals surface area (Å²) in [5, 5.41) is 24.5. The molecule has 4 aromatic carbocycles. The molecular weight excluding hydrogens is 504 g/mol. The van der Waals surface area contributed by atoms with Crippen molar-refractivity contribution in [3.8, 4) is 12.1 Å². The molecule has 0 aliphatic rings. The highest BCUT2D eigenvalue weighted by Crippen LogP contribution is 2.45. The molecule has 0 radical (unpaired) electrons. The number of aryl methyl sites for hydroxylation is 1. The number of fused-ring (bicyclic) bond motifs is 6. The van der Waals surface area contributed by atoms with Crippen molar-refractivity contribution in [2.75, 3.05) is 5.75 Å². The molecule has 0 unspecified atom stereocenters. The number of nitriles is 2. The van der Waals surface area contributed by atoms with Crippen LogP contribution in [0.15, 0.2) is 30.3 Å². The zero-order valence-corrected chi connectivity index (χ0v) is 21.5. The minimum atomic E-state index is -0.0377. The van der Waals surface area contributed by atoms with E-state index in [-0.39, 0.29) is 23.0 Å². The van der Waals surface area contributed by atoms with Gasteiger partial charge >= 0.3 is 0 Å². The largest absolute Gasteiger partial charge is 0.370 e. The molecule has 0 saturated carbocycles. The van der Waals surface area contributed by atoms with Crippen LogP contribution in [-0.4, -0.2) is 25.7 Å². The Balaban J connectivity index is 1.82. The average Bonchev–Trinajstić information content (AvgIpc) is 2.99. The van der Waals surface area contributed by atoms with Crippen LogP contribution in [0.2, 0.25) is 0 Å². The Morgan fingerprint density at radius 2 is 1.23 bits per heavy atom. The molecule has 0 saturated heterocycles. The van der Waals surface area contributed by atoms with Crippen LogP contribution >= 0.6 is 12.6 Å². The molecular formula is C30H18N8S. The van der Waals surface area contributed by atoms with Crippen LogP contribution in [0.3, 0.4) is 0 Å². The van der Waals surface area contributed by atoms with Crippen molar-refractivity contribution in [2.45, 2.75) is 32.1 Å². The average molecular weight is 523 g/mol. The van der Waals surface area contributed by atoms with Gasteiger partial charge < -0.3 is 9.69 Å². The molecule has 8 nitrogen and oxygen atoms in total. The van der Waals surface area contributed by atoms with Crippen molar-refractivity contribution in [3.05, 3.63) is 70.1 Å². The predicted octanol–water partition coefficient (Wildman–Crippen LogP) is 7.35. The van der Waals surface area contributed by atoms with Crippen LogP contribution in [0.1, 0.15) is 42.6 Å². The molecule has 6 aromatic rings. The van der Waals surface area contributed by atoms with Crippen molar-refractivity contribution < 1.29 is 0 Å². The van der Waals surface area contributed by atoms with Crippen LogP contribution in [-0.2, 0) is 6.42 Å². The smallest absolute Gasteiger partial charge is 0.294 e. The van der Waals surface area contributed by atoms with E-state index in [1.54, 1.807) is 0 Å². The summed E-state index contributed by atoms with van der Waals surface area (Å²) in [5.74, 6) is 0.795. The molecule has 9 heteroatoms. The van der Waals surface area contributed by atoms with E-state index in [9.17, 15) is 10.5 Å². The lowest BCUT2D eigenvalue weighted by atomic mass is 9.88. The molecule has 0 fully saturated rings. The third-order valence-electron chi connectivity index (χ3n) is 7.14. The van der Waals surface area contributed by atoms with Crippen molar-refractivity contribution in [1.82, 2.24) is 19.9 Å². The first-order valence-electron chi connectivity index (χ1n) is 12.5. The molecule has 0 amide bonds. The second-order valence-corrected chi connectivity index (χ2v) is 9.72. The maximum atomic E-state index is 9.75. The molecule has 0 aliphatic carbocycles. The van der Waals surface area contributed by atoms with Gasteiger partial charge in [0.1, 0.15) is 12.1 Å². The van der Waals surface area contributed by atoms with E-state index in [4.69, 9.17) is 18.1 Å². The van der Waals surface area contributed by atoms with Gasteiger partial charge in [-0.25, -0.2) is 9.97 Å². The van der Waals surface area contributed by atoms with Crippen LogP contribution in [0.5, 0.6) is 0 Å². The summed E-state index contributed by atoms with van der Waals surface area (Å²) in [4.78, 5) is 25.4. The monoisotopic (exact) mass is 522 g/mol. The van der Waals surface area contributed by atoms with Crippen molar-refractivity contribution in [3.63, 3.8) is 0 Å². The number of nitrogens with zero attached hydrogens (tertiary/aromatic N) is 8. The molecule has 2 heterocycles. The van der Waals surface area contributed by atoms with Gasteiger partial charge in [-0.2, -0.15) is 23.2 Å². The fourth-order valence-electron chi connectivity index (χ4n) is 5.48. The fourth-order valence-corrected chi connectivity index (χ4v) is 5.70. The van der Waals surface area contributed by atoms with Gasteiger partial charge in [0.2, 0.25) is 11.0 Å². The second-order valence-electron chi connectivity index (χ2n) is 9.27. The number of aromatic nitrogens is 4. The third kappa shape index (κ3) is 3.64. The van der Waals surface area contributed by atoms with E-state index >= 15 is 0 Å². The highest BCUT2D eigenvalue weighted by Gasteiger charge is 2.26. The van der Waals surface area contributed by atoms with Gasteiger partial charge in [0.15, 0.2) is 11.4 Å². The molecule has 6 rings (SSSR count). The van der Waals surface area contributed by atoms with Crippen LogP contribution in [0, 0.1) is 35.8 Å². The Kier molecular flexibility index (Phi) is 6.01. The standard InChI is InChI=1S/C30H18N8S/c1-33-29-30(34-2)38-26-19-12-11-16(8-5-3-4-6-13-39)22-24(19)23-17(25(26)37-29)9-7-10-18(23)27-28(22)36-21(15-32)20(14-31)35-27/h7,9-12,39H,3-6,8,13H2. The summed E-state index contributed by atoms with van der Waals surface area (Å²) in [6, 6.07) is 13.8. The molecule has 0 aliphatic heterocycles. The topological polar surface area (TPSA) is 108 Å². The van der Waals surface area contributed by atoms with E-state index in [1.807, 2.05) is 42.5 Å². The quantitative estimate of drug-likeness (QED) is 0.0805. The molecule has 0 atom stereocenters. The maximum Gasteiger partial charge on any atom is 0.294 e. The Bertz CT molecular complexity index is 2130. The highest BCUT2D eigenvalue weighted by molar-refractivity contribution is 7.80. The van der Waals surface area contributed by atoms with E-state index < -0.39 is 0 Å². The molecule has 0 bridgehead atoms. The van der Waals surface area contributed by atoms with Gasteiger partial charge in [0.25, 0.3) is 11.6 Å². The first-order chi connectivity index (χ1) is 19.1. The summed E-state index contributed by atoms with van der Waals surface area (Å²) < 4.78 is 0. The maximum absolute atomic E-state index is 9.75. The predicted molar refractivity (Wildman–Crippen MR) is 154 cm³/mol.